The van der Waals surface area contributed by atoms with Crippen molar-refractivity contribution in [2.45, 2.75) is 26.3 Å². The van der Waals surface area contributed by atoms with Gasteiger partial charge in [-0.1, -0.05) is 15.9 Å². The fourth-order valence-corrected chi connectivity index (χ4v) is 1.55. The van der Waals surface area contributed by atoms with Gasteiger partial charge in [-0.2, -0.15) is 0 Å². The lowest BCUT2D eigenvalue weighted by atomic mass is 10.1. The van der Waals surface area contributed by atoms with E-state index in [1.807, 2.05) is 26.0 Å². The monoisotopic (exact) mass is 284 g/mol. The molecule has 1 aromatic rings. The van der Waals surface area contributed by atoms with Gasteiger partial charge in [0.2, 0.25) is 0 Å². The van der Waals surface area contributed by atoms with Gasteiger partial charge in [0.25, 0.3) is 5.91 Å². The molecule has 0 aromatic heterocycles. The van der Waals surface area contributed by atoms with Gasteiger partial charge < -0.3 is 11.1 Å². The third-order valence-electron chi connectivity index (χ3n) is 2.31. The molecule has 88 valence electrons. The number of hydrogen-bond acceptors (Lipinski definition) is 2. The predicted octanol–water partition coefficient (Wildman–Crippen LogP) is 2.22. The number of amides is 1. The van der Waals surface area contributed by atoms with Crippen molar-refractivity contribution in [2.75, 3.05) is 6.54 Å². The smallest absolute Gasteiger partial charge is 0.251 e. The number of nitrogens with two attached hydrogens (primary N) is 1. The Bertz CT molecular complexity index is 377. The van der Waals surface area contributed by atoms with E-state index in [2.05, 4.69) is 21.2 Å². The van der Waals surface area contributed by atoms with Crippen molar-refractivity contribution in [1.29, 1.82) is 0 Å². The van der Waals surface area contributed by atoms with Crippen LogP contribution in [-0.4, -0.2) is 18.5 Å². The van der Waals surface area contributed by atoms with Crippen LogP contribution in [0.2, 0.25) is 0 Å². The maximum atomic E-state index is 11.7. The van der Waals surface area contributed by atoms with E-state index in [-0.39, 0.29) is 11.9 Å². The maximum Gasteiger partial charge on any atom is 0.251 e. The van der Waals surface area contributed by atoms with Crippen LogP contribution in [0.5, 0.6) is 0 Å². The molecule has 0 bridgehead atoms. The van der Waals surface area contributed by atoms with Gasteiger partial charge in [-0.25, -0.2) is 0 Å². The average molecular weight is 285 g/mol. The highest BCUT2D eigenvalue weighted by Crippen LogP contribution is 2.16. The Kier molecular flexibility index (Phi) is 4.96. The third-order valence-corrected chi connectivity index (χ3v) is 3.20. The lowest BCUT2D eigenvalue weighted by molar-refractivity contribution is 0.0952. The van der Waals surface area contributed by atoms with Crippen LogP contribution in [0.15, 0.2) is 22.7 Å². The van der Waals surface area contributed by atoms with Crippen LogP contribution >= 0.6 is 15.9 Å². The summed E-state index contributed by atoms with van der Waals surface area (Å²) in [5, 5.41) is 2.84. The highest BCUT2D eigenvalue weighted by molar-refractivity contribution is 9.10. The molecule has 0 aliphatic carbocycles. The molecule has 16 heavy (non-hydrogen) atoms. The summed E-state index contributed by atoms with van der Waals surface area (Å²) in [7, 11) is 0. The summed E-state index contributed by atoms with van der Waals surface area (Å²) in [4.78, 5) is 11.7. The van der Waals surface area contributed by atoms with E-state index in [1.165, 1.54) is 0 Å². The molecule has 0 aliphatic rings. The predicted molar refractivity (Wildman–Crippen MR) is 69.5 cm³/mol. The summed E-state index contributed by atoms with van der Waals surface area (Å²) in [6.07, 6.45) is 0.793. The minimum absolute atomic E-state index is 0.0451. The maximum absolute atomic E-state index is 11.7. The number of hydrogen-bond donors (Lipinski definition) is 2. The minimum atomic E-state index is -0.0451. The first-order valence-electron chi connectivity index (χ1n) is 5.30. The molecular formula is C12H17BrN2O. The summed E-state index contributed by atoms with van der Waals surface area (Å²) < 4.78 is 1.01. The van der Waals surface area contributed by atoms with Gasteiger partial charge in [0, 0.05) is 22.6 Å². The van der Waals surface area contributed by atoms with E-state index in [0.29, 0.717) is 12.1 Å². The first kappa shape index (κ1) is 13.2. The van der Waals surface area contributed by atoms with Crippen molar-refractivity contribution in [2.24, 2.45) is 5.73 Å². The van der Waals surface area contributed by atoms with Gasteiger partial charge in [-0.3, -0.25) is 4.79 Å². The standard InChI is InChI=1S/C12H17BrN2O/c1-8-7-10(3-4-11(8)13)12(16)15-6-5-9(2)14/h3-4,7,9H,5-6,14H2,1-2H3,(H,15,16). The topological polar surface area (TPSA) is 55.1 Å². The van der Waals surface area contributed by atoms with Gasteiger partial charge >= 0.3 is 0 Å². The first-order chi connectivity index (χ1) is 7.50. The summed E-state index contributed by atoms with van der Waals surface area (Å²) in [6.45, 7) is 4.50. The van der Waals surface area contributed by atoms with Crippen molar-refractivity contribution in [3.05, 3.63) is 33.8 Å². The largest absolute Gasteiger partial charge is 0.352 e. The van der Waals surface area contributed by atoms with E-state index in [9.17, 15) is 4.79 Å². The zero-order valence-electron chi connectivity index (χ0n) is 9.59. The Morgan fingerprint density at radius 2 is 2.25 bits per heavy atom. The van der Waals surface area contributed by atoms with Crippen molar-refractivity contribution in [3.63, 3.8) is 0 Å². The fraction of sp³-hybridized carbons (Fsp3) is 0.417. The van der Waals surface area contributed by atoms with E-state index in [4.69, 9.17) is 5.73 Å². The Balaban J connectivity index is 2.56. The van der Waals surface area contributed by atoms with Crippen LogP contribution < -0.4 is 11.1 Å². The Labute approximate surface area is 105 Å². The third kappa shape index (κ3) is 3.94. The van der Waals surface area contributed by atoms with Crippen molar-refractivity contribution < 1.29 is 4.79 Å². The highest BCUT2D eigenvalue weighted by Gasteiger charge is 2.06. The fourth-order valence-electron chi connectivity index (χ4n) is 1.30. The second-order valence-electron chi connectivity index (χ2n) is 3.99. The number of carbonyl (C=O) groups is 1. The Morgan fingerprint density at radius 1 is 1.56 bits per heavy atom. The average Bonchev–Trinajstić information content (AvgIpc) is 2.21. The molecule has 0 aliphatic heterocycles. The van der Waals surface area contributed by atoms with E-state index >= 15 is 0 Å². The quantitative estimate of drug-likeness (QED) is 0.891. The number of aryl methyl sites for hydroxylation is 1. The number of carbonyl (C=O) groups excluding carboxylic acids is 1. The normalized spacial score (nSPS) is 12.2. The molecule has 1 unspecified atom stereocenters. The number of rotatable bonds is 4. The first-order valence-corrected chi connectivity index (χ1v) is 6.10. The summed E-state index contributed by atoms with van der Waals surface area (Å²) >= 11 is 3.40. The van der Waals surface area contributed by atoms with E-state index < -0.39 is 0 Å². The van der Waals surface area contributed by atoms with Gasteiger partial charge in [0.15, 0.2) is 0 Å². The molecular weight excluding hydrogens is 268 g/mol. The van der Waals surface area contributed by atoms with Gasteiger partial charge in [-0.15, -0.1) is 0 Å². The molecule has 0 fully saturated rings. The summed E-state index contributed by atoms with van der Waals surface area (Å²) in [6, 6.07) is 5.67. The van der Waals surface area contributed by atoms with Crippen LogP contribution in [-0.2, 0) is 0 Å². The van der Waals surface area contributed by atoms with Crippen molar-refractivity contribution in [1.82, 2.24) is 5.32 Å². The summed E-state index contributed by atoms with van der Waals surface area (Å²) in [5.74, 6) is -0.0451. The molecule has 1 amide bonds. The van der Waals surface area contributed by atoms with Crippen molar-refractivity contribution in [3.8, 4) is 0 Å². The molecule has 3 N–H and O–H groups in total. The van der Waals surface area contributed by atoms with E-state index in [1.54, 1.807) is 6.07 Å². The molecule has 0 heterocycles. The molecule has 0 radical (unpaired) electrons. The molecule has 0 saturated carbocycles. The minimum Gasteiger partial charge on any atom is -0.352 e. The number of halogens is 1. The van der Waals surface area contributed by atoms with Crippen LogP contribution in [0.25, 0.3) is 0 Å². The van der Waals surface area contributed by atoms with Gasteiger partial charge in [0.1, 0.15) is 0 Å². The number of benzene rings is 1. The SMILES string of the molecule is Cc1cc(C(=O)NCCC(C)N)ccc1Br. The second-order valence-corrected chi connectivity index (χ2v) is 4.84. The number of nitrogens with one attached hydrogen (secondary N) is 1. The van der Waals surface area contributed by atoms with Crippen LogP contribution in [0.4, 0.5) is 0 Å². The van der Waals surface area contributed by atoms with Crippen LogP contribution in [0, 0.1) is 6.92 Å². The molecule has 1 aromatic carbocycles. The molecule has 1 atom stereocenters. The van der Waals surface area contributed by atoms with Crippen LogP contribution in [0.1, 0.15) is 29.3 Å². The zero-order chi connectivity index (χ0) is 12.1. The second kappa shape index (κ2) is 6.01. The zero-order valence-corrected chi connectivity index (χ0v) is 11.2. The molecule has 3 nitrogen and oxygen atoms in total. The van der Waals surface area contributed by atoms with Crippen LogP contribution in [0.3, 0.4) is 0 Å². The van der Waals surface area contributed by atoms with Gasteiger partial charge in [0.05, 0.1) is 0 Å². The molecule has 1 rings (SSSR count). The van der Waals surface area contributed by atoms with E-state index in [0.717, 1.165) is 16.5 Å². The molecule has 4 heteroatoms. The Hall–Kier alpha value is -0.870. The molecule has 0 saturated heterocycles. The lowest BCUT2D eigenvalue weighted by Crippen LogP contribution is -2.28. The Morgan fingerprint density at radius 3 is 2.81 bits per heavy atom. The summed E-state index contributed by atoms with van der Waals surface area (Å²) in [5.41, 5.74) is 7.34. The molecule has 0 spiro atoms. The highest BCUT2D eigenvalue weighted by atomic mass is 79.9. The lowest BCUT2D eigenvalue weighted by Gasteiger charge is -2.08. The van der Waals surface area contributed by atoms with Gasteiger partial charge in [-0.05, 0) is 44.0 Å². The van der Waals surface area contributed by atoms with Crippen molar-refractivity contribution >= 4 is 21.8 Å².